The van der Waals surface area contributed by atoms with Gasteiger partial charge in [0.05, 0.1) is 16.8 Å². The number of hydrogen-bond donors (Lipinski definition) is 2. The smallest absolute Gasteiger partial charge is 0.335 e. The highest BCUT2D eigenvalue weighted by Gasteiger charge is 2.15. The van der Waals surface area contributed by atoms with Crippen LogP contribution in [0.25, 0.3) is 5.69 Å². The summed E-state index contributed by atoms with van der Waals surface area (Å²) in [6.07, 6.45) is 0. The van der Waals surface area contributed by atoms with Gasteiger partial charge < -0.3 is 5.11 Å². The Morgan fingerprint density at radius 3 is 2.74 bits per heavy atom. The average molecular weight is 278 g/mol. The molecule has 0 aliphatic heterocycles. The summed E-state index contributed by atoms with van der Waals surface area (Å²) < 4.78 is 0.834. The molecule has 2 N–H and O–H groups in total. The number of H-pyrrole nitrogens is 1. The lowest BCUT2D eigenvalue weighted by Crippen LogP contribution is -2.30. The van der Waals surface area contributed by atoms with Gasteiger partial charge in [-0.3, -0.25) is 9.78 Å². The molecule has 6 nitrogen and oxygen atoms in total. The van der Waals surface area contributed by atoms with Crippen LogP contribution in [0.3, 0.4) is 0 Å². The number of halogens is 1. The van der Waals surface area contributed by atoms with Crippen LogP contribution in [0.2, 0.25) is 5.02 Å². The van der Waals surface area contributed by atoms with E-state index in [1.165, 1.54) is 25.1 Å². The Kier molecular flexibility index (Phi) is 3.15. The molecular weight excluding hydrogens is 270 g/mol. The number of hydrogen-bond acceptors (Lipinski definition) is 4. The lowest BCUT2D eigenvalue weighted by atomic mass is 10.2. The van der Waals surface area contributed by atoms with E-state index >= 15 is 0 Å². The first kappa shape index (κ1) is 12.9. The van der Waals surface area contributed by atoms with Gasteiger partial charge in [0.15, 0.2) is 0 Å². The summed E-state index contributed by atoms with van der Waals surface area (Å²) in [6.45, 7) is 1.36. The number of nitriles is 1. The van der Waals surface area contributed by atoms with Crippen molar-refractivity contribution in [2.75, 3.05) is 0 Å². The molecule has 0 amide bonds. The predicted molar refractivity (Wildman–Crippen MR) is 68.8 cm³/mol. The maximum absolute atomic E-state index is 11.8. The fourth-order valence-corrected chi connectivity index (χ4v) is 1.79. The third-order valence-corrected chi connectivity index (χ3v) is 2.87. The average Bonchev–Trinajstić information content (AvgIpc) is 2.36. The highest BCUT2D eigenvalue weighted by Crippen LogP contribution is 2.22. The summed E-state index contributed by atoms with van der Waals surface area (Å²) in [4.78, 5) is 25.2. The number of aromatic nitrogens is 2. The Labute approximate surface area is 112 Å². The molecule has 0 atom stereocenters. The van der Waals surface area contributed by atoms with Crippen LogP contribution in [0.5, 0.6) is 5.88 Å². The van der Waals surface area contributed by atoms with Crippen LogP contribution < -0.4 is 11.2 Å². The minimum Gasteiger partial charge on any atom is -0.494 e. The Morgan fingerprint density at radius 1 is 1.42 bits per heavy atom. The van der Waals surface area contributed by atoms with E-state index < -0.39 is 17.1 Å². The van der Waals surface area contributed by atoms with E-state index in [0.29, 0.717) is 5.02 Å². The van der Waals surface area contributed by atoms with Crippen LogP contribution in [0.15, 0.2) is 27.8 Å². The van der Waals surface area contributed by atoms with E-state index in [-0.39, 0.29) is 16.8 Å². The summed E-state index contributed by atoms with van der Waals surface area (Å²) in [6, 6.07) is 6.16. The van der Waals surface area contributed by atoms with Crippen LogP contribution in [0.1, 0.15) is 11.1 Å². The maximum atomic E-state index is 11.8. The molecule has 0 radical (unpaired) electrons. The molecule has 19 heavy (non-hydrogen) atoms. The second-order valence-corrected chi connectivity index (χ2v) is 4.25. The molecule has 0 bridgehead atoms. The lowest BCUT2D eigenvalue weighted by Gasteiger charge is -2.11. The van der Waals surface area contributed by atoms with Crippen molar-refractivity contribution in [1.29, 1.82) is 5.26 Å². The van der Waals surface area contributed by atoms with Crippen molar-refractivity contribution >= 4 is 11.6 Å². The number of rotatable bonds is 1. The fraction of sp³-hybridized carbons (Fsp3) is 0.0833. The molecule has 2 rings (SSSR count). The van der Waals surface area contributed by atoms with Crippen molar-refractivity contribution in [3.63, 3.8) is 0 Å². The minimum absolute atomic E-state index is 0.0246. The number of aromatic hydroxyl groups is 1. The minimum atomic E-state index is -0.841. The largest absolute Gasteiger partial charge is 0.494 e. The Hall–Kier alpha value is -2.52. The molecule has 1 aromatic carbocycles. The zero-order valence-corrected chi connectivity index (χ0v) is 10.5. The van der Waals surface area contributed by atoms with E-state index in [1.54, 1.807) is 0 Å². The quantitative estimate of drug-likeness (QED) is 0.814. The van der Waals surface area contributed by atoms with Gasteiger partial charge in [-0.1, -0.05) is 11.6 Å². The number of benzene rings is 1. The van der Waals surface area contributed by atoms with Gasteiger partial charge in [-0.15, -0.1) is 0 Å². The molecule has 2 aromatic rings. The number of aromatic amines is 1. The van der Waals surface area contributed by atoms with E-state index in [0.717, 1.165) is 4.57 Å². The van der Waals surface area contributed by atoms with Crippen molar-refractivity contribution in [3.05, 3.63) is 55.2 Å². The van der Waals surface area contributed by atoms with Crippen LogP contribution in [-0.2, 0) is 0 Å². The monoisotopic (exact) mass is 277 g/mol. The van der Waals surface area contributed by atoms with Crippen LogP contribution in [0.4, 0.5) is 0 Å². The third kappa shape index (κ3) is 2.11. The summed E-state index contributed by atoms with van der Waals surface area (Å²) >= 11 is 5.82. The Bertz CT molecular complexity index is 814. The van der Waals surface area contributed by atoms with Crippen molar-refractivity contribution in [2.24, 2.45) is 0 Å². The van der Waals surface area contributed by atoms with Crippen LogP contribution >= 0.6 is 11.6 Å². The highest BCUT2D eigenvalue weighted by atomic mass is 35.5. The molecule has 1 aromatic heterocycles. The normalized spacial score (nSPS) is 10.2. The van der Waals surface area contributed by atoms with Crippen LogP contribution in [0, 0.1) is 18.3 Å². The molecule has 0 saturated heterocycles. The molecule has 1 heterocycles. The Morgan fingerprint density at radius 2 is 2.11 bits per heavy atom. The summed E-state index contributed by atoms with van der Waals surface area (Å²) in [5, 5.41) is 19.2. The molecule has 0 aliphatic rings. The molecule has 0 aliphatic carbocycles. The van der Waals surface area contributed by atoms with E-state index in [1.807, 2.05) is 6.07 Å². The first-order valence-corrected chi connectivity index (χ1v) is 5.58. The molecule has 0 saturated carbocycles. The summed E-state index contributed by atoms with van der Waals surface area (Å²) in [5.74, 6) is -0.521. The van der Waals surface area contributed by atoms with Crippen molar-refractivity contribution < 1.29 is 5.11 Å². The zero-order valence-electron chi connectivity index (χ0n) is 9.77. The van der Waals surface area contributed by atoms with Gasteiger partial charge in [-0.2, -0.15) is 5.26 Å². The summed E-state index contributed by atoms with van der Waals surface area (Å²) in [5.41, 5.74) is -1.29. The number of nitrogens with zero attached hydrogens (tertiary/aromatic N) is 2. The van der Waals surface area contributed by atoms with Crippen LogP contribution in [-0.4, -0.2) is 14.7 Å². The van der Waals surface area contributed by atoms with Gasteiger partial charge in [-0.05, 0) is 25.1 Å². The number of nitrogens with one attached hydrogen (secondary N) is 1. The molecule has 7 heteroatoms. The molecule has 0 unspecified atom stereocenters. The molecule has 96 valence electrons. The van der Waals surface area contributed by atoms with Gasteiger partial charge in [0.1, 0.15) is 6.07 Å². The second kappa shape index (κ2) is 4.63. The van der Waals surface area contributed by atoms with Crippen molar-refractivity contribution in [2.45, 2.75) is 6.92 Å². The van der Waals surface area contributed by atoms with Gasteiger partial charge in [0, 0.05) is 5.02 Å². The third-order valence-electron chi connectivity index (χ3n) is 2.63. The van der Waals surface area contributed by atoms with Gasteiger partial charge in [0.25, 0.3) is 5.56 Å². The lowest BCUT2D eigenvalue weighted by molar-refractivity contribution is 0.426. The maximum Gasteiger partial charge on any atom is 0.335 e. The first-order valence-electron chi connectivity index (χ1n) is 5.20. The van der Waals surface area contributed by atoms with E-state index in [4.69, 9.17) is 16.9 Å². The zero-order chi connectivity index (χ0) is 14.2. The van der Waals surface area contributed by atoms with Gasteiger partial charge in [0.2, 0.25) is 5.88 Å². The molecule has 0 spiro atoms. The van der Waals surface area contributed by atoms with Gasteiger partial charge >= 0.3 is 5.69 Å². The van der Waals surface area contributed by atoms with Crippen molar-refractivity contribution in [3.8, 4) is 17.6 Å². The highest BCUT2D eigenvalue weighted by molar-refractivity contribution is 6.30. The molecule has 0 fully saturated rings. The Balaban J connectivity index is 2.92. The predicted octanol–water partition coefficient (Wildman–Crippen LogP) is 1.06. The summed E-state index contributed by atoms with van der Waals surface area (Å²) in [7, 11) is 0. The van der Waals surface area contributed by atoms with E-state index in [2.05, 4.69) is 4.98 Å². The SMILES string of the molecule is Cc1c(O)n(-c2cc(Cl)ccc2C#N)c(=O)[nH]c1=O. The first-order chi connectivity index (χ1) is 8.95. The van der Waals surface area contributed by atoms with Crippen molar-refractivity contribution in [1.82, 2.24) is 9.55 Å². The molecular formula is C12H8ClN3O3. The van der Waals surface area contributed by atoms with Gasteiger partial charge in [-0.25, -0.2) is 9.36 Å². The fourth-order valence-electron chi connectivity index (χ4n) is 1.62. The standard InChI is InChI=1S/C12H8ClN3O3/c1-6-10(17)15-12(19)16(11(6)18)9-4-8(13)3-2-7(9)5-14/h2-4,18H,1H3,(H,15,17,19). The second-order valence-electron chi connectivity index (χ2n) is 3.82. The topological polar surface area (TPSA) is 98.9 Å². The van der Waals surface area contributed by atoms with E-state index in [9.17, 15) is 14.7 Å².